The predicted molar refractivity (Wildman–Crippen MR) is 102 cm³/mol. The zero-order valence-electron chi connectivity index (χ0n) is 14.5. The van der Waals surface area contributed by atoms with Crippen molar-refractivity contribution in [2.45, 2.75) is 31.6 Å². The second-order valence-corrected chi connectivity index (χ2v) is 8.32. The van der Waals surface area contributed by atoms with Crippen molar-refractivity contribution in [1.29, 1.82) is 0 Å². The Hall–Kier alpha value is -2.34. The van der Waals surface area contributed by atoms with E-state index in [4.69, 9.17) is 0 Å². The summed E-state index contributed by atoms with van der Waals surface area (Å²) < 4.78 is 1.90. The van der Waals surface area contributed by atoms with Crippen molar-refractivity contribution in [3.63, 3.8) is 0 Å². The largest absolute Gasteiger partial charge is 0.310 e. The van der Waals surface area contributed by atoms with E-state index in [2.05, 4.69) is 54.4 Å². The molecule has 3 aromatic rings. The van der Waals surface area contributed by atoms with Crippen LogP contribution in [0.25, 0.3) is 10.9 Å². The molecule has 0 radical (unpaired) electrons. The highest BCUT2D eigenvalue weighted by atomic mass is 32.2. The summed E-state index contributed by atoms with van der Waals surface area (Å²) in [6, 6.07) is 10.3. The molecule has 1 amide bonds. The van der Waals surface area contributed by atoms with Crippen LogP contribution in [-0.2, 0) is 10.3 Å². The third kappa shape index (κ3) is 2.91. The maximum absolute atomic E-state index is 12.2. The number of carbonyl (C=O) groups excluding carboxylic acids is 1. The molecule has 6 heteroatoms. The average molecular weight is 352 g/mol. The molecule has 128 valence electrons. The van der Waals surface area contributed by atoms with Gasteiger partial charge in [0.05, 0.1) is 28.3 Å². The Kier molecular flexibility index (Phi) is 3.80. The van der Waals surface area contributed by atoms with Crippen LogP contribution < -0.4 is 5.32 Å². The Morgan fingerprint density at radius 1 is 1.28 bits per heavy atom. The van der Waals surface area contributed by atoms with E-state index in [-0.39, 0.29) is 16.7 Å². The number of pyridine rings is 1. The first-order valence-electron chi connectivity index (χ1n) is 8.28. The fourth-order valence-electron chi connectivity index (χ4n) is 3.14. The lowest BCUT2D eigenvalue weighted by molar-refractivity contribution is -0.113. The smallest absolute Gasteiger partial charge is 0.235 e. The summed E-state index contributed by atoms with van der Waals surface area (Å²) >= 11 is 1.63. The number of hydrogen-bond acceptors (Lipinski definition) is 4. The van der Waals surface area contributed by atoms with Crippen molar-refractivity contribution in [2.24, 2.45) is 0 Å². The number of thioether (sulfide) groups is 1. The van der Waals surface area contributed by atoms with Crippen LogP contribution >= 0.6 is 11.8 Å². The molecule has 1 N–H and O–H groups in total. The minimum atomic E-state index is -0.201. The van der Waals surface area contributed by atoms with Crippen LogP contribution in [0.5, 0.6) is 0 Å². The first-order valence-corrected chi connectivity index (χ1v) is 9.33. The fraction of sp³-hybridized carbons (Fsp3) is 0.316. The van der Waals surface area contributed by atoms with E-state index < -0.39 is 0 Å². The lowest BCUT2D eigenvalue weighted by atomic mass is 10.0. The number of anilines is 1. The fourth-order valence-corrected chi connectivity index (χ4v) is 4.22. The number of carbonyl (C=O) groups is 1. The van der Waals surface area contributed by atoms with E-state index in [0.717, 1.165) is 27.8 Å². The highest BCUT2D eigenvalue weighted by molar-refractivity contribution is 8.00. The molecule has 25 heavy (non-hydrogen) atoms. The van der Waals surface area contributed by atoms with Gasteiger partial charge in [-0.2, -0.15) is 5.10 Å². The van der Waals surface area contributed by atoms with Gasteiger partial charge in [0.15, 0.2) is 0 Å². The normalized spacial score (nSPS) is 17.9. The van der Waals surface area contributed by atoms with Crippen molar-refractivity contribution in [3.05, 3.63) is 53.9 Å². The minimum Gasteiger partial charge on any atom is -0.310 e. The number of nitrogens with zero attached hydrogens (tertiary/aromatic N) is 3. The zero-order valence-corrected chi connectivity index (χ0v) is 15.3. The van der Waals surface area contributed by atoms with Crippen molar-refractivity contribution >= 4 is 34.4 Å². The first kappa shape index (κ1) is 16.1. The van der Waals surface area contributed by atoms with Crippen LogP contribution in [0, 0.1) is 0 Å². The Morgan fingerprint density at radius 3 is 2.92 bits per heavy atom. The predicted octanol–water partition coefficient (Wildman–Crippen LogP) is 3.96. The molecule has 1 aliphatic rings. The van der Waals surface area contributed by atoms with Gasteiger partial charge < -0.3 is 5.32 Å². The molecule has 0 fully saturated rings. The molecule has 0 spiro atoms. The molecule has 4 rings (SSSR count). The van der Waals surface area contributed by atoms with E-state index in [1.807, 2.05) is 23.0 Å². The number of benzene rings is 1. The van der Waals surface area contributed by atoms with Gasteiger partial charge in [-0.1, -0.05) is 12.1 Å². The third-order valence-corrected chi connectivity index (χ3v) is 5.57. The lowest BCUT2D eigenvalue weighted by Crippen LogP contribution is -2.27. The van der Waals surface area contributed by atoms with Crippen LogP contribution in [0.2, 0.25) is 0 Å². The van der Waals surface area contributed by atoms with E-state index in [9.17, 15) is 4.79 Å². The highest BCUT2D eigenvalue weighted by Crippen LogP contribution is 2.43. The number of rotatable bonds is 1. The average Bonchev–Trinajstić information content (AvgIpc) is 2.91. The van der Waals surface area contributed by atoms with Gasteiger partial charge >= 0.3 is 0 Å². The highest BCUT2D eigenvalue weighted by Gasteiger charge is 2.30. The second-order valence-electron chi connectivity index (χ2n) is 7.23. The molecule has 0 unspecified atom stereocenters. The third-order valence-electron chi connectivity index (χ3n) is 4.28. The van der Waals surface area contributed by atoms with E-state index in [1.54, 1.807) is 18.0 Å². The quantitative estimate of drug-likeness (QED) is 0.720. The molecule has 0 bridgehead atoms. The van der Waals surface area contributed by atoms with Crippen LogP contribution in [0.1, 0.15) is 37.1 Å². The summed E-state index contributed by atoms with van der Waals surface area (Å²) in [5, 5.41) is 8.77. The van der Waals surface area contributed by atoms with Gasteiger partial charge in [0.2, 0.25) is 5.91 Å². The maximum atomic E-state index is 12.2. The van der Waals surface area contributed by atoms with Crippen molar-refractivity contribution in [3.8, 4) is 0 Å². The molecule has 1 atom stereocenters. The Balaban J connectivity index is 1.85. The monoisotopic (exact) mass is 352 g/mol. The van der Waals surface area contributed by atoms with Gasteiger partial charge in [0.1, 0.15) is 5.82 Å². The first-order chi connectivity index (χ1) is 11.9. The van der Waals surface area contributed by atoms with Crippen LogP contribution in [-0.4, -0.2) is 26.4 Å². The Bertz CT molecular complexity index is 957. The summed E-state index contributed by atoms with van der Waals surface area (Å²) in [5.74, 6) is 1.25. The molecule has 1 aliphatic heterocycles. The molecule has 3 heterocycles. The zero-order chi connectivity index (χ0) is 17.6. The standard InChI is InChI=1S/C19H20N4OS/c1-19(2,3)23-18-14(10-21-23)17(25-11-16(24)22-18)13-6-7-15-12(9-13)5-4-8-20-15/h4-10,17H,11H2,1-3H3,(H,22,24)/t17-/m0/s1. The van der Waals surface area contributed by atoms with Crippen LogP contribution in [0.3, 0.4) is 0 Å². The molecule has 2 aromatic heterocycles. The SMILES string of the molecule is CC(C)(C)n1ncc2c1NC(=O)CS[C@H]2c1ccc2ncccc2c1. The van der Waals surface area contributed by atoms with Crippen molar-refractivity contribution in [1.82, 2.24) is 14.8 Å². The van der Waals surface area contributed by atoms with Gasteiger partial charge in [-0.15, -0.1) is 11.8 Å². The van der Waals surface area contributed by atoms with E-state index >= 15 is 0 Å². The molecule has 0 saturated heterocycles. The number of amides is 1. The minimum absolute atomic E-state index is 0.0159. The number of nitrogens with one attached hydrogen (secondary N) is 1. The molecule has 5 nitrogen and oxygen atoms in total. The number of aromatic nitrogens is 3. The molecule has 1 aromatic carbocycles. The Labute approximate surface area is 150 Å². The van der Waals surface area contributed by atoms with Gasteiger partial charge in [-0.3, -0.25) is 9.78 Å². The molecular formula is C19H20N4OS. The summed E-state index contributed by atoms with van der Waals surface area (Å²) in [6.07, 6.45) is 3.69. The lowest BCUT2D eigenvalue weighted by Gasteiger charge is -2.23. The van der Waals surface area contributed by atoms with Gasteiger partial charge in [0.25, 0.3) is 0 Å². The Morgan fingerprint density at radius 2 is 2.12 bits per heavy atom. The summed E-state index contributed by atoms with van der Waals surface area (Å²) in [4.78, 5) is 16.6. The van der Waals surface area contributed by atoms with Gasteiger partial charge in [-0.05, 0) is 44.5 Å². The summed E-state index contributed by atoms with van der Waals surface area (Å²) in [7, 11) is 0. The van der Waals surface area contributed by atoms with E-state index in [1.165, 1.54) is 0 Å². The van der Waals surface area contributed by atoms with Gasteiger partial charge in [-0.25, -0.2) is 4.68 Å². The number of fused-ring (bicyclic) bond motifs is 2. The summed E-state index contributed by atoms with van der Waals surface area (Å²) in [5.41, 5.74) is 2.99. The molecule has 0 aliphatic carbocycles. The van der Waals surface area contributed by atoms with Crippen molar-refractivity contribution < 1.29 is 4.79 Å². The van der Waals surface area contributed by atoms with Crippen LogP contribution in [0.15, 0.2) is 42.7 Å². The van der Waals surface area contributed by atoms with Gasteiger partial charge in [0, 0.05) is 17.1 Å². The van der Waals surface area contributed by atoms with Crippen LogP contribution in [0.4, 0.5) is 5.82 Å². The topological polar surface area (TPSA) is 59.8 Å². The summed E-state index contributed by atoms with van der Waals surface area (Å²) in [6.45, 7) is 6.25. The van der Waals surface area contributed by atoms with Crippen molar-refractivity contribution in [2.75, 3.05) is 11.1 Å². The molecule has 0 saturated carbocycles. The second kappa shape index (κ2) is 5.88. The maximum Gasteiger partial charge on any atom is 0.235 e. The van der Waals surface area contributed by atoms with E-state index in [0.29, 0.717) is 5.75 Å². The number of hydrogen-bond donors (Lipinski definition) is 1. The molecular weight excluding hydrogens is 332 g/mol.